The molecule has 1 aromatic carbocycles. The van der Waals surface area contributed by atoms with E-state index >= 15 is 0 Å². The maximum absolute atomic E-state index is 13.4. The molecule has 4 rings (SSSR count). The highest BCUT2D eigenvalue weighted by atomic mass is 16.2. The van der Waals surface area contributed by atoms with Gasteiger partial charge in [0.05, 0.1) is 5.41 Å². The number of aromatic nitrogens is 1. The second-order valence-electron chi connectivity index (χ2n) is 8.97. The third-order valence-electron chi connectivity index (χ3n) is 6.55. The quantitative estimate of drug-likeness (QED) is 0.826. The van der Waals surface area contributed by atoms with E-state index in [1.165, 1.54) is 0 Å². The molecule has 2 saturated heterocycles. The fourth-order valence-electron chi connectivity index (χ4n) is 5.05. The number of urea groups is 1. The second kappa shape index (κ2) is 8.57. The third-order valence-corrected chi connectivity index (χ3v) is 6.55. The average Bonchev–Trinajstić information content (AvgIpc) is 3.02. The van der Waals surface area contributed by atoms with Crippen LogP contribution in [0.5, 0.6) is 0 Å². The van der Waals surface area contributed by atoms with Crippen LogP contribution in [-0.2, 0) is 4.79 Å². The number of anilines is 2. The molecule has 2 fully saturated rings. The van der Waals surface area contributed by atoms with Gasteiger partial charge in [-0.1, -0.05) is 18.2 Å². The lowest BCUT2D eigenvalue weighted by atomic mass is 9.74. The first-order chi connectivity index (χ1) is 14.9. The molecule has 2 aliphatic rings. The lowest BCUT2D eigenvalue weighted by Gasteiger charge is -2.34. The first-order valence-electron chi connectivity index (χ1n) is 10.9. The number of pyridine rings is 1. The zero-order chi connectivity index (χ0) is 22.0. The molecular weight excluding hydrogens is 390 g/mol. The summed E-state index contributed by atoms with van der Waals surface area (Å²) >= 11 is 0. The van der Waals surface area contributed by atoms with Gasteiger partial charge >= 0.3 is 6.03 Å². The van der Waals surface area contributed by atoms with Crippen LogP contribution in [0.4, 0.5) is 16.3 Å². The maximum atomic E-state index is 13.4. The number of hydrogen-bond donors (Lipinski definition) is 1. The highest BCUT2D eigenvalue weighted by Crippen LogP contribution is 2.45. The van der Waals surface area contributed by atoms with Crippen molar-refractivity contribution in [3.8, 4) is 0 Å². The molecule has 3 heterocycles. The van der Waals surface area contributed by atoms with Crippen molar-refractivity contribution in [1.82, 2.24) is 14.8 Å². The van der Waals surface area contributed by atoms with Crippen LogP contribution in [0.1, 0.15) is 18.4 Å². The van der Waals surface area contributed by atoms with Crippen molar-refractivity contribution in [3.63, 3.8) is 0 Å². The lowest BCUT2D eigenvalue weighted by molar-refractivity contribution is -0.141. The van der Waals surface area contributed by atoms with Crippen molar-refractivity contribution in [1.29, 1.82) is 0 Å². The van der Waals surface area contributed by atoms with Crippen molar-refractivity contribution in [2.75, 3.05) is 50.5 Å². The van der Waals surface area contributed by atoms with Gasteiger partial charge in [0.1, 0.15) is 5.82 Å². The molecule has 2 aromatic rings. The first kappa shape index (κ1) is 21.2. The maximum Gasteiger partial charge on any atom is 0.321 e. The van der Waals surface area contributed by atoms with Gasteiger partial charge in [-0.05, 0) is 49.6 Å². The molecule has 0 spiro atoms. The molecule has 164 valence electrons. The van der Waals surface area contributed by atoms with Gasteiger partial charge in [0, 0.05) is 58.1 Å². The Hall–Kier alpha value is -3.09. The zero-order valence-corrected chi connectivity index (χ0v) is 18.5. The molecule has 2 atom stereocenters. The molecule has 0 saturated carbocycles. The Balaban J connectivity index is 1.57. The van der Waals surface area contributed by atoms with Crippen molar-refractivity contribution in [2.24, 2.45) is 11.3 Å². The van der Waals surface area contributed by atoms with E-state index in [1.807, 2.05) is 68.4 Å². The topological polar surface area (TPSA) is 68.8 Å². The number of amides is 3. The molecule has 1 N–H and O–H groups in total. The van der Waals surface area contributed by atoms with Gasteiger partial charge in [-0.3, -0.25) is 4.79 Å². The molecule has 31 heavy (non-hydrogen) atoms. The molecule has 0 bridgehead atoms. The minimum atomic E-state index is -0.501. The standard InChI is InChI=1S/C24H31N5O2/c1-18-8-6-9-20(14-18)26-23(31)28-13-7-11-24(22(30)27(2)3)17-29(16-19(24)15-28)21-10-4-5-12-25-21/h4-6,8-10,12,14,19H,7,11,13,15-17H2,1-3H3,(H,26,31)/t19-,24-/m0/s1. The zero-order valence-electron chi connectivity index (χ0n) is 18.5. The average molecular weight is 422 g/mol. The van der Waals surface area contributed by atoms with E-state index in [9.17, 15) is 9.59 Å². The number of carbonyl (C=O) groups excluding carboxylic acids is 2. The number of nitrogens with one attached hydrogen (secondary N) is 1. The fraction of sp³-hybridized carbons (Fsp3) is 0.458. The molecule has 2 aliphatic heterocycles. The van der Waals surface area contributed by atoms with Gasteiger partial charge in [-0.2, -0.15) is 0 Å². The Bertz CT molecular complexity index is 948. The summed E-state index contributed by atoms with van der Waals surface area (Å²) in [6.45, 7) is 4.57. The van der Waals surface area contributed by atoms with Crippen LogP contribution < -0.4 is 10.2 Å². The Morgan fingerprint density at radius 3 is 2.71 bits per heavy atom. The number of fused-ring (bicyclic) bond motifs is 1. The Labute approximate surface area is 184 Å². The first-order valence-corrected chi connectivity index (χ1v) is 10.9. The summed E-state index contributed by atoms with van der Waals surface area (Å²) in [6, 6.07) is 13.6. The van der Waals surface area contributed by atoms with Crippen LogP contribution in [0.3, 0.4) is 0 Å². The van der Waals surface area contributed by atoms with E-state index in [0.29, 0.717) is 26.2 Å². The van der Waals surface area contributed by atoms with Crippen LogP contribution in [0.25, 0.3) is 0 Å². The molecule has 7 heteroatoms. The van der Waals surface area contributed by atoms with Gasteiger partial charge in [0.2, 0.25) is 5.91 Å². The Morgan fingerprint density at radius 2 is 2.00 bits per heavy atom. The van der Waals surface area contributed by atoms with E-state index < -0.39 is 5.41 Å². The number of carbonyl (C=O) groups is 2. The highest BCUT2D eigenvalue weighted by molar-refractivity contribution is 5.90. The number of aryl methyl sites for hydroxylation is 1. The number of hydrogen-bond acceptors (Lipinski definition) is 4. The van der Waals surface area contributed by atoms with Crippen LogP contribution in [0.15, 0.2) is 48.7 Å². The van der Waals surface area contributed by atoms with E-state index in [1.54, 1.807) is 11.1 Å². The summed E-state index contributed by atoms with van der Waals surface area (Å²) in [4.78, 5) is 36.8. The largest absolute Gasteiger partial charge is 0.355 e. The molecule has 7 nitrogen and oxygen atoms in total. The van der Waals surface area contributed by atoms with Crippen LogP contribution in [0.2, 0.25) is 0 Å². The highest BCUT2D eigenvalue weighted by Gasteiger charge is 2.54. The fourth-order valence-corrected chi connectivity index (χ4v) is 5.05. The third kappa shape index (κ3) is 4.22. The van der Waals surface area contributed by atoms with Crippen LogP contribution >= 0.6 is 0 Å². The number of benzene rings is 1. The molecular formula is C24H31N5O2. The van der Waals surface area contributed by atoms with Crippen molar-refractivity contribution in [3.05, 3.63) is 54.2 Å². The van der Waals surface area contributed by atoms with Gasteiger partial charge in [0.25, 0.3) is 0 Å². The minimum absolute atomic E-state index is 0.0511. The summed E-state index contributed by atoms with van der Waals surface area (Å²) in [5, 5.41) is 3.03. The predicted octanol–water partition coefficient (Wildman–Crippen LogP) is 3.23. The molecule has 1 aromatic heterocycles. The van der Waals surface area contributed by atoms with Gasteiger partial charge in [-0.15, -0.1) is 0 Å². The van der Waals surface area contributed by atoms with E-state index in [0.717, 1.165) is 29.9 Å². The smallest absolute Gasteiger partial charge is 0.321 e. The molecule has 0 radical (unpaired) electrons. The second-order valence-corrected chi connectivity index (χ2v) is 8.97. The monoisotopic (exact) mass is 421 g/mol. The van der Waals surface area contributed by atoms with Gasteiger partial charge < -0.3 is 20.0 Å². The summed E-state index contributed by atoms with van der Waals surface area (Å²) in [6.07, 6.45) is 3.35. The number of likely N-dealkylation sites (tertiary alicyclic amines) is 1. The van der Waals surface area contributed by atoms with E-state index in [-0.39, 0.29) is 17.9 Å². The normalized spacial score (nSPS) is 23.1. The lowest BCUT2D eigenvalue weighted by Crippen LogP contribution is -2.48. The minimum Gasteiger partial charge on any atom is -0.355 e. The van der Waals surface area contributed by atoms with E-state index in [2.05, 4.69) is 15.2 Å². The van der Waals surface area contributed by atoms with Crippen LogP contribution in [0, 0.1) is 18.3 Å². The SMILES string of the molecule is Cc1cccc(NC(=O)N2CCC[C@]3(C(=O)N(C)C)CN(c4ccccn4)C[C@@H]3C2)c1. The summed E-state index contributed by atoms with van der Waals surface area (Å²) in [5.74, 6) is 1.09. The van der Waals surface area contributed by atoms with Gasteiger partial charge in [0.15, 0.2) is 0 Å². The molecule has 3 amide bonds. The van der Waals surface area contributed by atoms with Crippen molar-refractivity contribution < 1.29 is 9.59 Å². The van der Waals surface area contributed by atoms with Crippen molar-refractivity contribution >= 4 is 23.4 Å². The molecule has 0 unspecified atom stereocenters. The predicted molar refractivity (Wildman–Crippen MR) is 122 cm³/mol. The van der Waals surface area contributed by atoms with Crippen LogP contribution in [-0.4, -0.2) is 67.0 Å². The summed E-state index contributed by atoms with van der Waals surface area (Å²) < 4.78 is 0. The summed E-state index contributed by atoms with van der Waals surface area (Å²) in [5.41, 5.74) is 1.40. The number of nitrogens with zero attached hydrogens (tertiary/aromatic N) is 4. The number of rotatable bonds is 3. The Morgan fingerprint density at radius 1 is 1.16 bits per heavy atom. The summed E-state index contributed by atoms with van der Waals surface area (Å²) in [7, 11) is 3.65. The van der Waals surface area contributed by atoms with E-state index in [4.69, 9.17) is 0 Å². The van der Waals surface area contributed by atoms with Crippen molar-refractivity contribution in [2.45, 2.75) is 19.8 Å². The molecule has 0 aliphatic carbocycles. The van der Waals surface area contributed by atoms with Gasteiger partial charge in [-0.25, -0.2) is 9.78 Å². The Kier molecular flexibility index (Phi) is 5.85.